The summed E-state index contributed by atoms with van der Waals surface area (Å²) in [7, 11) is 2.16. The van der Waals surface area contributed by atoms with Crippen LogP contribution >= 0.6 is 0 Å². The molecule has 2 heterocycles. The molecule has 18 heavy (non-hydrogen) atoms. The van der Waals surface area contributed by atoms with Gasteiger partial charge in [0.2, 0.25) is 0 Å². The van der Waals surface area contributed by atoms with E-state index in [9.17, 15) is 4.79 Å². The van der Waals surface area contributed by atoms with Crippen LogP contribution in [0.15, 0.2) is 10.9 Å². The molecule has 1 fully saturated rings. The van der Waals surface area contributed by atoms with Gasteiger partial charge < -0.3 is 4.90 Å². The van der Waals surface area contributed by atoms with Crippen molar-refractivity contribution in [3.05, 3.63) is 27.7 Å². The Hall–Kier alpha value is -1.16. The highest BCUT2D eigenvalue weighted by Gasteiger charge is 2.20. The molecule has 3 rings (SSSR count). The Labute approximate surface area is 108 Å². The molecule has 0 bridgehead atoms. The molecular weight excluding hydrogens is 226 g/mol. The fourth-order valence-electron chi connectivity index (χ4n) is 3.06. The van der Waals surface area contributed by atoms with Crippen molar-refractivity contribution in [2.45, 2.75) is 38.6 Å². The van der Waals surface area contributed by atoms with Gasteiger partial charge >= 0.3 is 0 Å². The molecule has 0 N–H and O–H groups in total. The van der Waals surface area contributed by atoms with Gasteiger partial charge in [-0.2, -0.15) is 5.10 Å². The van der Waals surface area contributed by atoms with Crippen molar-refractivity contribution in [2.24, 2.45) is 5.92 Å². The molecule has 0 spiro atoms. The second-order valence-electron chi connectivity index (χ2n) is 5.74. The monoisotopic (exact) mass is 247 g/mol. The van der Waals surface area contributed by atoms with Gasteiger partial charge in [-0.05, 0) is 63.7 Å². The smallest absolute Gasteiger partial charge is 0.267 e. The molecule has 0 amide bonds. The number of hydrogen-bond acceptors (Lipinski definition) is 3. The van der Waals surface area contributed by atoms with Crippen molar-refractivity contribution >= 4 is 0 Å². The number of hydrogen-bond donors (Lipinski definition) is 0. The first kappa shape index (κ1) is 11.9. The molecule has 2 aliphatic rings. The highest BCUT2D eigenvalue weighted by Crippen LogP contribution is 2.19. The predicted molar refractivity (Wildman–Crippen MR) is 70.7 cm³/mol. The zero-order valence-corrected chi connectivity index (χ0v) is 11.1. The number of rotatable bonds is 2. The fraction of sp³-hybridized carbons (Fsp3) is 0.714. The van der Waals surface area contributed by atoms with Gasteiger partial charge in [0.1, 0.15) is 0 Å². The van der Waals surface area contributed by atoms with Crippen molar-refractivity contribution < 1.29 is 0 Å². The van der Waals surface area contributed by atoms with Crippen molar-refractivity contribution in [1.82, 2.24) is 14.7 Å². The third kappa shape index (κ3) is 2.34. The maximum absolute atomic E-state index is 12.0. The number of aryl methyl sites for hydroxylation is 2. The van der Waals surface area contributed by atoms with Crippen LogP contribution in [0.25, 0.3) is 0 Å². The highest BCUT2D eigenvalue weighted by molar-refractivity contribution is 5.22. The minimum absolute atomic E-state index is 0.0922. The van der Waals surface area contributed by atoms with Crippen LogP contribution in [-0.2, 0) is 19.4 Å². The standard InChI is InChI=1S/C14H21N3O/c1-16-7-5-11(6-8-16)10-17-14(18)9-12-3-2-4-13(12)15-17/h9,11H,2-8,10H2,1H3. The topological polar surface area (TPSA) is 38.1 Å². The lowest BCUT2D eigenvalue weighted by Gasteiger charge is -2.28. The molecule has 1 aliphatic heterocycles. The molecule has 4 heteroatoms. The van der Waals surface area contributed by atoms with Crippen molar-refractivity contribution in [3.8, 4) is 0 Å². The average molecular weight is 247 g/mol. The van der Waals surface area contributed by atoms with Gasteiger partial charge in [-0.15, -0.1) is 0 Å². The number of aromatic nitrogens is 2. The lowest BCUT2D eigenvalue weighted by molar-refractivity contribution is 0.199. The molecule has 1 saturated heterocycles. The van der Waals surface area contributed by atoms with Gasteiger partial charge in [-0.1, -0.05) is 0 Å². The van der Waals surface area contributed by atoms with Gasteiger partial charge in [0.05, 0.1) is 5.69 Å². The van der Waals surface area contributed by atoms with Crippen molar-refractivity contribution in [2.75, 3.05) is 20.1 Å². The largest absolute Gasteiger partial charge is 0.306 e. The first-order valence-electron chi connectivity index (χ1n) is 7.01. The molecule has 0 atom stereocenters. The SMILES string of the molecule is CN1CCC(Cn2nc3c(cc2=O)CCC3)CC1. The van der Waals surface area contributed by atoms with Crippen molar-refractivity contribution in [1.29, 1.82) is 0 Å². The van der Waals surface area contributed by atoms with Crippen LogP contribution in [0.5, 0.6) is 0 Å². The molecule has 4 nitrogen and oxygen atoms in total. The predicted octanol–water partition coefficient (Wildman–Crippen LogP) is 1.07. The first-order chi connectivity index (χ1) is 8.72. The number of nitrogens with zero attached hydrogens (tertiary/aromatic N) is 3. The van der Waals surface area contributed by atoms with Crippen LogP contribution in [0.2, 0.25) is 0 Å². The maximum atomic E-state index is 12.0. The van der Waals surface area contributed by atoms with Gasteiger partial charge in [-0.25, -0.2) is 4.68 Å². The van der Waals surface area contributed by atoms with Gasteiger partial charge in [0.25, 0.3) is 5.56 Å². The molecule has 0 radical (unpaired) electrons. The van der Waals surface area contributed by atoms with Gasteiger partial charge in [0, 0.05) is 12.6 Å². The molecule has 0 aromatic carbocycles. The molecule has 0 saturated carbocycles. The molecule has 0 unspecified atom stereocenters. The summed E-state index contributed by atoms with van der Waals surface area (Å²) in [5, 5.41) is 4.56. The molecule has 98 valence electrons. The lowest BCUT2D eigenvalue weighted by atomic mass is 9.97. The minimum Gasteiger partial charge on any atom is -0.306 e. The molecule has 1 aromatic heterocycles. The van der Waals surface area contributed by atoms with E-state index < -0.39 is 0 Å². The summed E-state index contributed by atoms with van der Waals surface area (Å²) in [6, 6.07) is 1.81. The van der Waals surface area contributed by atoms with E-state index in [1.807, 2.05) is 6.07 Å². The summed E-state index contributed by atoms with van der Waals surface area (Å²) in [6.07, 6.45) is 5.60. The summed E-state index contributed by atoms with van der Waals surface area (Å²) in [5.74, 6) is 0.617. The van der Waals surface area contributed by atoms with Crippen LogP contribution in [0.1, 0.15) is 30.5 Å². The van der Waals surface area contributed by atoms with Crippen LogP contribution in [0.4, 0.5) is 0 Å². The normalized spacial score (nSPS) is 21.2. The van der Waals surface area contributed by atoms with Gasteiger partial charge in [-0.3, -0.25) is 4.79 Å². The molecular formula is C14H21N3O. The molecule has 1 aromatic rings. The van der Waals surface area contributed by atoms with Crippen LogP contribution < -0.4 is 5.56 Å². The number of piperidine rings is 1. The van der Waals surface area contributed by atoms with Crippen LogP contribution in [0, 0.1) is 5.92 Å². The van der Waals surface area contributed by atoms with E-state index in [1.54, 1.807) is 4.68 Å². The summed E-state index contributed by atoms with van der Waals surface area (Å²) < 4.78 is 1.71. The minimum atomic E-state index is 0.0922. The Bertz CT molecular complexity index is 486. The second-order valence-corrected chi connectivity index (χ2v) is 5.74. The quantitative estimate of drug-likeness (QED) is 0.784. The third-order valence-electron chi connectivity index (χ3n) is 4.29. The maximum Gasteiger partial charge on any atom is 0.267 e. The Kier molecular flexibility index (Phi) is 3.20. The van der Waals surface area contributed by atoms with E-state index in [0.29, 0.717) is 5.92 Å². The zero-order chi connectivity index (χ0) is 12.5. The third-order valence-corrected chi connectivity index (χ3v) is 4.29. The number of likely N-dealkylation sites (tertiary alicyclic amines) is 1. The Morgan fingerprint density at radius 1 is 1.33 bits per heavy atom. The van der Waals surface area contributed by atoms with E-state index in [-0.39, 0.29) is 5.56 Å². The number of fused-ring (bicyclic) bond motifs is 1. The van der Waals surface area contributed by atoms with E-state index in [1.165, 1.54) is 18.4 Å². The Balaban J connectivity index is 1.75. The average Bonchev–Trinajstić information content (AvgIpc) is 2.79. The van der Waals surface area contributed by atoms with Crippen LogP contribution in [0.3, 0.4) is 0 Å². The van der Waals surface area contributed by atoms with Crippen LogP contribution in [-0.4, -0.2) is 34.8 Å². The fourth-order valence-corrected chi connectivity index (χ4v) is 3.06. The second kappa shape index (κ2) is 4.84. The van der Waals surface area contributed by atoms with E-state index in [0.717, 1.165) is 44.6 Å². The van der Waals surface area contributed by atoms with E-state index in [4.69, 9.17) is 0 Å². The lowest BCUT2D eigenvalue weighted by Crippen LogP contribution is -2.34. The summed E-state index contributed by atoms with van der Waals surface area (Å²) in [4.78, 5) is 14.4. The Morgan fingerprint density at radius 3 is 2.89 bits per heavy atom. The molecule has 1 aliphatic carbocycles. The van der Waals surface area contributed by atoms with Gasteiger partial charge in [0.15, 0.2) is 0 Å². The van der Waals surface area contributed by atoms with Crippen molar-refractivity contribution in [3.63, 3.8) is 0 Å². The summed E-state index contributed by atoms with van der Waals surface area (Å²) >= 11 is 0. The zero-order valence-electron chi connectivity index (χ0n) is 11.1. The Morgan fingerprint density at radius 2 is 2.11 bits per heavy atom. The summed E-state index contributed by atoms with van der Waals surface area (Å²) in [6.45, 7) is 3.09. The highest BCUT2D eigenvalue weighted by atomic mass is 16.1. The van der Waals surface area contributed by atoms with E-state index >= 15 is 0 Å². The van der Waals surface area contributed by atoms with E-state index in [2.05, 4.69) is 17.0 Å². The first-order valence-corrected chi connectivity index (χ1v) is 7.01. The summed E-state index contributed by atoms with van der Waals surface area (Å²) in [5.41, 5.74) is 2.43.